The van der Waals surface area contributed by atoms with Gasteiger partial charge in [-0.15, -0.1) is 0 Å². The number of hydrogen-bond acceptors (Lipinski definition) is 3. The lowest BCUT2D eigenvalue weighted by atomic mass is 9.97. The van der Waals surface area contributed by atoms with Crippen molar-refractivity contribution >= 4 is 5.97 Å². The minimum atomic E-state index is -0.300. The molecule has 0 N–H and O–H groups in total. The first-order valence-corrected chi connectivity index (χ1v) is 6.49. The Hall–Kier alpha value is -1.51. The van der Waals surface area contributed by atoms with Crippen molar-refractivity contribution in [2.45, 2.75) is 41.5 Å². The number of rotatable bonds is 3. The van der Waals surface area contributed by atoms with Gasteiger partial charge in [-0.2, -0.15) is 0 Å². The largest absolute Gasteiger partial charge is 0.492 e. The van der Waals surface area contributed by atoms with Crippen molar-refractivity contribution in [1.82, 2.24) is 0 Å². The van der Waals surface area contributed by atoms with Crippen molar-refractivity contribution in [3.63, 3.8) is 0 Å². The summed E-state index contributed by atoms with van der Waals surface area (Å²) in [6.45, 7) is 12.9. The molecule has 0 aliphatic carbocycles. The lowest BCUT2D eigenvalue weighted by Gasteiger charge is -2.22. The van der Waals surface area contributed by atoms with E-state index in [4.69, 9.17) is 9.47 Å². The average molecular weight is 264 g/mol. The van der Waals surface area contributed by atoms with Crippen LogP contribution < -0.4 is 4.74 Å². The Bertz CT molecular complexity index is 482. The molecule has 19 heavy (non-hydrogen) atoms. The molecule has 0 aromatic heterocycles. The number of esters is 1. The standard InChI is InChI=1S/C16H24O3/c1-10-8-13(15(17)18-7)11(2)12(3)14(10)19-9-16(4,5)6/h8H,9H2,1-7H3. The van der Waals surface area contributed by atoms with Crippen molar-refractivity contribution in [1.29, 1.82) is 0 Å². The van der Waals surface area contributed by atoms with Crippen molar-refractivity contribution in [3.8, 4) is 5.75 Å². The summed E-state index contributed by atoms with van der Waals surface area (Å²) in [4.78, 5) is 11.7. The van der Waals surface area contributed by atoms with E-state index in [0.29, 0.717) is 12.2 Å². The van der Waals surface area contributed by atoms with Crippen LogP contribution in [-0.2, 0) is 4.74 Å². The maximum atomic E-state index is 11.7. The quantitative estimate of drug-likeness (QED) is 0.778. The second-order valence-corrected chi connectivity index (χ2v) is 6.16. The van der Waals surface area contributed by atoms with Gasteiger partial charge in [-0.05, 0) is 48.9 Å². The molecule has 0 atom stereocenters. The van der Waals surface area contributed by atoms with E-state index in [-0.39, 0.29) is 11.4 Å². The maximum absolute atomic E-state index is 11.7. The maximum Gasteiger partial charge on any atom is 0.338 e. The van der Waals surface area contributed by atoms with Crippen LogP contribution in [-0.4, -0.2) is 19.7 Å². The van der Waals surface area contributed by atoms with E-state index < -0.39 is 0 Å². The summed E-state index contributed by atoms with van der Waals surface area (Å²) < 4.78 is 10.7. The van der Waals surface area contributed by atoms with Crippen molar-refractivity contribution in [2.75, 3.05) is 13.7 Å². The Morgan fingerprint density at radius 2 is 1.74 bits per heavy atom. The molecule has 0 saturated heterocycles. The molecule has 0 bridgehead atoms. The molecule has 0 radical (unpaired) electrons. The number of methoxy groups -OCH3 is 1. The van der Waals surface area contributed by atoms with Crippen LogP contribution in [0.5, 0.6) is 5.75 Å². The minimum Gasteiger partial charge on any atom is -0.492 e. The fraction of sp³-hybridized carbons (Fsp3) is 0.562. The number of ether oxygens (including phenoxy) is 2. The molecule has 3 heteroatoms. The molecule has 0 aliphatic heterocycles. The van der Waals surface area contributed by atoms with Gasteiger partial charge in [-0.1, -0.05) is 20.8 Å². The van der Waals surface area contributed by atoms with E-state index in [0.717, 1.165) is 22.4 Å². The highest BCUT2D eigenvalue weighted by Gasteiger charge is 2.18. The van der Waals surface area contributed by atoms with Crippen LogP contribution in [0.25, 0.3) is 0 Å². The zero-order valence-electron chi connectivity index (χ0n) is 13.0. The van der Waals surface area contributed by atoms with Gasteiger partial charge in [-0.25, -0.2) is 4.79 Å². The third kappa shape index (κ3) is 3.72. The van der Waals surface area contributed by atoms with Gasteiger partial charge in [-0.3, -0.25) is 0 Å². The fourth-order valence-electron chi connectivity index (χ4n) is 1.89. The molecule has 1 rings (SSSR count). The Kier molecular flexibility index (Phi) is 4.61. The molecule has 3 nitrogen and oxygen atoms in total. The van der Waals surface area contributed by atoms with Gasteiger partial charge in [0.25, 0.3) is 0 Å². The van der Waals surface area contributed by atoms with Gasteiger partial charge in [0, 0.05) is 0 Å². The molecule has 1 aromatic rings. The van der Waals surface area contributed by atoms with Crippen molar-refractivity contribution in [3.05, 3.63) is 28.3 Å². The molecule has 0 unspecified atom stereocenters. The Labute approximate surface area is 115 Å². The highest BCUT2D eigenvalue weighted by atomic mass is 16.5. The number of carbonyl (C=O) groups excluding carboxylic acids is 1. The molecule has 0 saturated carbocycles. The first kappa shape index (κ1) is 15.5. The summed E-state index contributed by atoms with van der Waals surface area (Å²) in [7, 11) is 1.40. The molecule has 0 heterocycles. The smallest absolute Gasteiger partial charge is 0.338 e. The van der Waals surface area contributed by atoms with Crippen LogP contribution in [0.3, 0.4) is 0 Å². The highest BCUT2D eigenvalue weighted by molar-refractivity contribution is 5.92. The summed E-state index contributed by atoms with van der Waals surface area (Å²) in [5.74, 6) is 0.575. The molecular weight excluding hydrogens is 240 g/mol. The molecule has 0 amide bonds. The summed E-state index contributed by atoms with van der Waals surface area (Å²) in [6.07, 6.45) is 0. The van der Waals surface area contributed by atoms with Gasteiger partial charge < -0.3 is 9.47 Å². The first-order valence-electron chi connectivity index (χ1n) is 6.49. The molecule has 0 fully saturated rings. The van der Waals surface area contributed by atoms with Gasteiger partial charge >= 0.3 is 5.97 Å². The number of benzene rings is 1. The first-order chi connectivity index (χ1) is 8.67. The minimum absolute atomic E-state index is 0.105. The number of carbonyl (C=O) groups is 1. The Balaban J connectivity index is 3.16. The lowest BCUT2D eigenvalue weighted by molar-refractivity contribution is 0.0599. The third-order valence-corrected chi connectivity index (χ3v) is 3.08. The zero-order valence-corrected chi connectivity index (χ0v) is 13.0. The van der Waals surface area contributed by atoms with E-state index >= 15 is 0 Å². The van der Waals surface area contributed by atoms with E-state index in [9.17, 15) is 4.79 Å². The van der Waals surface area contributed by atoms with Crippen molar-refractivity contribution in [2.24, 2.45) is 5.41 Å². The summed E-state index contributed by atoms with van der Waals surface area (Å²) in [6, 6.07) is 1.84. The van der Waals surface area contributed by atoms with Crippen LogP contribution >= 0.6 is 0 Å². The zero-order chi connectivity index (χ0) is 14.8. The lowest BCUT2D eigenvalue weighted by Crippen LogP contribution is -2.18. The molecular formula is C16H24O3. The molecule has 0 spiro atoms. The second kappa shape index (κ2) is 5.64. The fourth-order valence-corrected chi connectivity index (χ4v) is 1.89. The molecule has 0 aliphatic rings. The van der Waals surface area contributed by atoms with Gasteiger partial charge in [0.2, 0.25) is 0 Å². The summed E-state index contributed by atoms with van der Waals surface area (Å²) in [5.41, 5.74) is 3.60. The number of aryl methyl sites for hydroxylation is 1. The van der Waals surface area contributed by atoms with Crippen LogP contribution in [0, 0.1) is 26.2 Å². The highest BCUT2D eigenvalue weighted by Crippen LogP contribution is 2.30. The van der Waals surface area contributed by atoms with E-state index in [1.54, 1.807) is 0 Å². The van der Waals surface area contributed by atoms with E-state index in [2.05, 4.69) is 20.8 Å². The van der Waals surface area contributed by atoms with Crippen LogP contribution in [0.1, 0.15) is 47.8 Å². The molecule has 106 valence electrons. The monoisotopic (exact) mass is 264 g/mol. The van der Waals surface area contributed by atoms with Crippen LogP contribution in [0.4, 0.5) is 0 Å². The van der Waals surface area contributed by atoms with Gasteiger partial charge in [0.1, 0.15) is 5.75 Å². The average Bonchev–Trinajstić information content (AvgIpc) is 2.31. The predicted octanol–water partition coefficient (Wildman–Crippen LogP) is 3.82. The summed E-state index contributed by atoms with van der Waals surface area (Å²) >= 11 is 0. The normalized spacial score (nSPS) is 11.3. The van der Waals surface area contributed by atoms with Crippen LogP contribution in [0.15, 0.2) is 6.07 Å². The molecule has 1 aromatic carbocycles. The van der Waals surface area contributed by atoms with Crippen molar-refractivity contribution < 1.29 is 14.3 Å². The number of hydrogen-bond donors (Lipinski definition) is 0. The predicted molar refractivity (Wildman–Crippen MR) is 76.9 cm³/mol. The Morgan fingerprint density at radius 1 is 1.16 bits per heavy atom. The van der Waals surface area contributed by atoms with Gasteiger partial charge in [0.05, 0.1) is 19.3 Å². The Morgan fingerprint density at radius 3 is 2.21 bits per heavy atom. The SMILES string of the molecule is COC(=O)c1cc(C)c(OCC(C)(C)C)c(C)c1C. The van der Waals surface area contributed by atoms with E-state index in [1.165, 1.54) is 7.11 Å². The van der Waals surface area contributed by atoms with E-state index in [1.807, 2.05) is 26.8 Å². The third-order valence-electron chi connectivity index (χ3n) is 3.08. The van der Waals surface area contributed by atoms with Gasteiger partial charge in [0.15, 0.2) is 0 Å². The topological polar surface area (TPSA) is 35.5 Å². The van der Waals surface area contributed by atoms with Crippen LogP contribution in [0.2, 0.25) is 0 Å². The second-order valence-electron chi connectivity index (χ2n) is 6.16. The summed E-state index contributed by atoms with van der Waals surface area (Å²) in [5, 5.41) is 0.